The number of hydrogen-bond donors (Lipinski definition) is 2. The van der Waals surface area contributed by atoms with Gasteiger partial charge in [0.1, 0.15) is 0 Å². The molecule has 1 amide bonds. The number of anilines is 1. The molecule has 0 saturated carbocycles. The van der Waals surface area contributed by atoms with Crippen LogP contribution in [-0.2, 0) is 17.7 Å². The van der Waals surface area contributed by atoms with Crippen LogP contribution in [0.3, 0.4) is 0 Å². The van der Waals surface area contributed by atoms with Gasteiger partial charge in [-0.3, -0.25) is 9.88 Å². The molecule has 0 unspecified atom stereocenters. The number of thiazole rings is 1. The summed E-state index contributed by atoms with van der Waals surface area (Å²) < 4.78 is 7.28. The number of H-pyrrole nitrogens is 2. The van der Waals surface area contributed by atoms with Gasteiger partial charge < -0.3 is 9.72 Å². The van der Waals surface area contributed by atoms with Crippen LogP contribution in [0.25, 0.3) is 10.2 Å². The van der Waals surface area contributed by atoms with E-state index in [1.54, 1.807) is 17.3 Å². The molecule has 3 heterocycles. The van der Waals surface area contributed by atoms with Gasteiger partial charge in [-0.1, -0.05) is 5.21 Å². The summed E-state index contributed by atoms with van der Waals surface area (Å²) in [6.07, 6.45) is 6.38. The summed E-state index contributed by atoms with van der Waals surface area (Å²) in [5, 5.41) is 13.8. The Hall–Kier alpha value is -3.18. The minimum atomic E-state index is -0.381. The molecule has 0 radical (unpaired) electrons. The van der Waals surface area contributed by atoms with Crippen molar-refractivity contribution in [1.82, 2.24) is 30.6 Å². The molecule has 0 atom stereocenters. The first-order valence-electron chi connectivity index (χ1n) is 9.87. The Labute approximate surface area is 187 Å². The van der Waals surface area contributed by atoms with E-state index < -0.39 is 0 Å². The quantitative estimate of drug-likeness (QED) is 0.284. The van der Waals surface area contributed by atoms with Crippen molar-refractivity contribution in [2.75, 3.05) is 11.5 Å². The average molecular weight is 456 g/mol. The largest absolute Gasteiger partial charge is 0.449 e. The van der Waals surface area contributed by atoms with Crippen LogP contribution in [0.15, 0.2) is 42.7 Å². The molecule has 0 spiro atoms. The second-order valence-electron chi connectivity index (χ2n) is 6.89. The van der Waals surface area contributed by atoms with Crippen molar-refractivity contribution >= 4 is 45.6 Å². The van der Waals surface area contributed by atoms with Crippen molar-refractivity contribution in [3.05, 3.63) is 58.1 Å². The Morgan fingerprint density at radius 1 is 1.16 bits per heavy atom. The highest BCUT2D eigenvalue weighted by molar-refractivity contribution is 7.73. The fourth-order valence-electron chi connectivity index (χ4n) is 3.12. The lowest BCUT2D eigenvalue weighted by molar-refractivity contribution is 0.151. The number of nitrogens with zero attached hydrogens (tertiary/aromatic N) is 5. The summed E-state index contributed by atoms with van der Waals surface area (Å²) in [5.74, 6) is 0.698. The molecule has 0 bridgehead atoms. The maximum atomic E-state index is 12.9. The van der Waals surface area contributed by atoms with Gasteiger partial charge in [-0.25, -0.2) is 4.79 Å². The highest BCUT2D eigenvalue weighted by Crippen LogP contribution is 2.27. The van der Waals surface area contributed by atoms with Crippen LogP contribution in [-0.4, -0.2) is 43.3 Å². The van der Waals surface area contributed by atoms with Gasteiger partial charge in [0.2, 0.25) is 0 Å². The van der Waals surface area contributed by atoms with Crippen LogP contribution in [0.1, 0.15) is 30.7 Å². The first-order chi connectivity index (χ1) is 15.2. The van der Waals surface area contributed by atoms with Gasteiger partial charge in [-0.05, 0) is 67.4 Å². The summed E-state index contributed by atoms with van der Waals surface area (Å²) in [5.41, 5.74) is 2.68. The normalized spacial score (nSPS) is 11.0. The Morgan fingerprint density at radius 2 is 2.03 bits per heavy atom. The van der Waals surface area contributed by atoms with Gasteiger partial charge in [-0.15, -0.1) is 21.5 Å². The number of aromatic amines is 2. The van der Waals surface area contributed by atoms with E-state index in [2.05, 4.69) is 30.6 Å². The molecule has 9 nitrogen and oxygen atoms in total. The van der Waals surface area contributed by atoms with Gasteiger partial charge in [0.05, 0.1) is 23.4 Å². The average Bonchev–Trinajstić information content (AvgIpc) is 3.43. The third-order valence-corrected chi connectivity index (χ3v) is 5.88. The van der Waals surface area contributed by atoms with Crippen LogP contribution in [0.4, 0.5) is 10.5 Å². The van der Waals surface area contributed by atoms with Crippen molar-refractivity contribution in [3.63, 3.8) is 0 Å². The predicted octanol–water partition coefficient (Wildman–Crippen LogP) is 4.42. The zero-order valence-electron chi connectivity index (χ0n) is 16.7. The van der Waals surface area contributed by atoms with E-state index in [-0.39, 0.29) is 6.09 Å². The van der Waals surface area contributed by atoms with Crippen LogP contribution in [0, 0.1) is 3.95 Å². The summed E-state index contributed by atoms with van der Waals surface area (Å²) in [7, 11) is 0. The number of tetrazole rings is 1. The second-order valence-corrected chi connectivity index (χ2v) is 8.61. The van der Waals surface area contributed by atoms with Crippen molar-refractivity contribution in [2.24, 2.45) is 0 Å². The molecule has 0 saturated heterocycles. The van der Waals surface area contributed by atoms with E-state index in [4.69, 9.17) is 17.0 Å². The zero-order valence-corrected chi connectivity index (χ0v) is 18.3. The van der Waals surface area contributed by atoms with Crippen LogP contribution in [0.5, 0.6) is 0 Å². The molecule has 0 fully saturated rings. The highest BCUT2D eigenvalue weighted by Gasteiger charge is 2.18. The molecule has 2 N–H and O–H groups in total. The van der Waals surface area contributed by atoms with E-state index in [9.17, 15) is 4.79 Å². The number of aromatic nitrogens is 6. The first kappa shape index (κ1) is 21.1. The number of benzene rings is 1. The highest BCUT2D eigenvalue weighted by atomic mass is 32.1. The maximum Gasteiger partial charge on any atom is 0.414 e. The Kier molecular flexibility index (Phi) is 6.95. The smallest absolute Gasteiger partial charge is 0.414 e. The topological polar surface area (TPSA) is 113 Å². The fourth-order valence-corrected chi connectivity index (χ4v) is 4.27. The lowest BCUT2D eigenvalue weighted by atomic mass is 10.2. The molecule has 4 rings (SSSR count). The molecule has 0 aliphatic rings. The molecular formula is C20H21N7O2S2. The van der Waals surface area contributed by atoms with Gasteiger partial charge in [-0.2, -0.15) is 5.21 Å². The molecule has 160 valence electrons. The van der Waals surface area contributed by atoms with Gasteiger partial charge >= 0.3 is 6.09 Å². The molecule has 0 aliphatic heterocycles. The van der Waals surface area contributed by atoms with Crippen LogP contribution < -0.4 is 4.90 Å². The monoisotopic (exact) mass is 455 g/mol. The number of pyridine rings is 1. The third kappa shape index (κ3) is 5.70. The SMILES string of the molecule is O=C(OCCCCCc1nn[nH]n1)N(Cc1ccncc1)c1ccc2[nH]c(=S)sc2c1. The number of carbonyl (C=O) groups is 1. The maximum absolute atomic E-state index is 12.9. The summed E-state index contributed by atoms with van der Waals surface area (Å²) in [6.45, 7) is 0.740. The molecular weight excluding hydrogens is 434 g/mol. The molecule has 3 aromatic heterocycles. The molecule has 11 heteroatoms. The molecule has 4 aromatic rings. The van der Waals surface area contributed by atoms with Gasteiger partial charge in [0.15, 0.2) is 9.78 Å². The van der Waals surface area contributed by atoms with Crippen LogP contribution in [0.2, 0.25) is 0 Å². The number of amides is 1. The minimum absolute atomic E-state index is 0.350. The number of fused-ring (bicyclic) bond motifs is 1. The Balaban J connectivity index is 1.39. The van der Waals surface area contributed by atoms with Crippen LogP contribution >= 0.6 is 23.6 Å². The van der Waals surface area contributed by atoms with Gasteiger partial charge in [0.25, 0.3) is 0 Å². The van der Waals surface area contributed by atoms with E-state index in [1.165, 1.54) is 11.3 Å². The molecule has 0 aliphatic carbocycles. The number of carbonyl (C=O) groups excluding carboxylic acids is 1. The van der Waals surface area contributed by atoms with E-state index >= 15 is 0 Å². The zero-order chi connectivity index (χ0) is 21.5. The number of aryl methyl sites for hydroxylation is 1. The summed E-state index contributed by atoms with van der Waals surface area (Å²) in [4.78, 5) is 21.8. The molecule has 31 heavy (non-hydrogen) atoms. The number of unbranched alkanes of at least 4 members (excludes halogenated alkanes) is 2. The standard InChI is InChI=1S/C20H21N7O2S2/c28-20(29-11-3-1-2-4-18-23-25-26-24-18)27(13-14-7-9-21-10-8-14)15-5-6-16-17(12-15)31-19(30)22-16/h5-10,12H,1-4,11,13H2,(H,22,30)(H,23,24,25,26). The number of rotatable bonds is 9. The number of nitrogens with one attached hydrogen (secondary N) is 2. The van der Waals surface area contributed by atoms with E-state index in [0.29, 0.717) is 22.9 Å². The lowest BCUT2D eigenvalue weighted by Crippen LogP contribution is -2.31. The van der Waals surface area contributed by atoms with E-state index in [1.807, 2.05) is 30.3 Å². The summed E-state index contributed by atoms with van der Waals surface area (Å²) >= 11 is 6.72. The number of hydrogen-bond acceptors (Lipinski definition) is 8. The van der Waals surface area contributed by atoms with Crippen molar-refractivity contribution in [2.45, 2.75) is 32.2 Å². The predicted molar refractivity (Wildman–Crippen MR) is 121 cm³/mol. The fraction of sp³-hybridized carbons (Fsp3) is 0.300. The Morgan fingerprint density at radius 3 is 2.84 bits per heavy atom. The summed E-state index contributed by atoms with van der Waals surface area (Å²) in [6, 6.07) is 9.56. The lowest BCUT2D eigenvalue weighted by Gasteiger charge is -2.22. The van der Waals surface area contributed by atoms with Crippen molar-refractivity contribution in [3.8, 4) is 0 Å². The first-order valence-corrected chi connectivity index (χ1v) is 11.1. The minimum Gasteiger partial charge on any atom is -0.449 e. The third-order valence-electron chi connectivity index (χ3n) is 4.69. The second kappa shape index (κ2) is 10.2. The van der Waals surface area contributed by atoms with E-state index in [0.717, 1.165) is 47.2 Å². The molecule has 1 aromatic carbocycles. The van der Waals surface area contributed by atoms with Gasteiger partial charge in [0, 0.05) is 24.5 Å². The number of ether oxygens (including phenoxy) is 1. The van der Waals surface area contributed by atoms with Crippen molar-refractivity contribution < 1.29 is 9.53 Å². The van der Waals surface area contributed by atoms with Crippen molar-refractivity contribution in [1.29, 1.82) is 0 Å². The Bertz CT molecular complexity index is 1180.